The van der Waals surface area contributed by atoms with Crippen molar-refractivity contribution in [2.75, 3.05) is 11.9 Å². The van der Waals surface area contributed by atoms with Crippen molar-refractivity contribution in [3.8, 4) is 11.5 Å². The largest absolute Gasteiger partial charge is 0.573 e. The smallest absolute Gasteiger partial charge is 0.494 e. The summed E-state index contributed by atoms with van der Waals surface area (Å²) in [5.74, 6) is 0.305. The zero-order valence-electron chi connectivity index (χ0n) is 11.6. The van der Waals surface area contributed by atoms with Gasteiger partial charge in [0, 0.05) is 31.1 Å². The van der Waals surface area contributed by atoms with E-state index < -0.39 is 6.36 Å². The monoisotopic (exact) mass is 312 g/mol. The summed E-state index contributed by atoms with van der Waals surface area (Å²) in [6.45, 7) is 2.29. The average molecular weight is 312 g/mol. The number of halogens is 3. The van der Waals surface area contributed by atoms with Crippen LogP contribution in [0.25, 0.3) is 0 Å². The molecule has 1 aromatic carbocycles. The predicted molar refractivity (Wildman–Crippen MR) is 72.5 cm³/mol. The number of alkyl halides is 3. The second-order valence-corrected chi connectivity index (χ2v) is 4.15. The van der Waals surface area contributed by atoms with Gasteiger partial charge >= 0.3 is 6.36 Å². The van der Waals surface area contributed by atoms with Gasteiger partial charge in [0.15, 0.2) is 0 Å². The standard InChI is InChI=1S/C14H13F3N3O2/c1-2-21-11-6-10(7-12(8-11)22-14(15,16)17)9-20-13-18-4-3-5-19-13/h4-8H,2,9H2,1H3,(H,18,19,20). The van der Waals surface area contributed by atoms with Gasteiger partial charge in [0.2, 0.25) is 5.95 Å². The van der Waals surface area contributed by atoms with E-state index in [1.54, 1.807) is 13.0 Å². The summed E-state index contributed by atoms with van der Waals surface area (Å²) < 4.78 is 46.2. The fourth-order valence-corrected chi connectivity index (χ4v) is 1.71. The molecule has 0 saturated heterocycles. The van der Waals surface area contributed by atoms with E-state index in [0.29, 0.717) is 23.9 Å². The lowest BCUT2D eigenvalue weighted by Gasteiger charge is -2.13. The first-order chi connectivity index (χ1) is 10.5. The number of ether oxygens (including phenoxy) is 2. The first-order valence-corrected chi connectivity index (χ1v) is 6.41. The molecule has 1 heterocycles. The van der Waals surface area contributed by atoms with E-state index in [0.717, 1.165) is 0 Å². The van der Waals surface area contributed by atoms with E-state index in [9.17, 15) is 13.2 Å². The maximum absolute atomic E-state index is 12.3. The number of nitrogens with zero attached hydrogens (tertiary/aromatic N) is 2. The molecule has 0 aliphatic rings. The van der Waals surface area contributed by atoms with Crippen LogP contribution in [0, 0.1) is 6.07 Å². The normalized spacial score (nSPS) is 11.1. The third-order valence-electron chi connectivity index (χ3n) is 2.46. The molecule has 1 aromatic heterocycles. The lowest BCUT2D eigenvalue weighted by molar-refractivity contribution is -0.274. The van der Waals surface area contributed by atoms with Gasteiger partial charge < -0.3 is 14.8 Å². The maximum atomic E-state index is 12.3. The summed E-state index contributed by atoms with van der Waals surface area (Å²) >= 11 is 0. The Morgan fingerprint density at radius 3 is 2.45 bits per heavy atom. The highest BCUT2D eigenvalue weighted by molar-refractivity contribution is 5.40. The third-order valence-corrected chi connectivity index (χ3v) is 2.46. The number of nitrogens with one attached hydrogen (secondary N) is 1. The lowest BCUT2D eigenvalue weighted by Crippen LogP contribution is -2.17. The molecular formula is C14H13F3N3O2. The Morgan fingerprint density at radius 1 is 1.14 bits per heavy atom. The molecule has 0 aliphatic carbocycles. The second kappa shape index (κ2) is 6.97. The Kier molecular flexibility index (Phi) is 5.03. The van der Waals surface area contributed by atoms with Crippen molar-refractivity contribution in [3.05, 3.63) is 42.2 Å². The minimum absolute atomic E-state index is 0.221. The van der Waals surface area contributed by atoms with Gasteiger partial charge in [-0.2, -0.15) is 0 Å². The Bertz CT molecular complexity index is 606. The van der Waals surface area contributed by atoms with E-state index >= 15 is 0 Å². The van der Waals surface area contributed by atoms with Crippen molar-refractivity contribution in [1.82, 2.24) is 9.97 Å². The number of hydrogen-bond acceptors (Lipinski definition) is 5. The highest BCUT2D eigenvalue weighted by Gasteiger charge is 2.31. The van der Waals surface area contributed by atoms with Gasteiger partial charge in [-0.05, 0) is 24.6 Å². The van der Waals surface area contributed by atoms with Crippen LogP contribution in [0.2, 0.25) is 0 Å². The summed E-state index contributed by atoms with van der Waals surface area (Å²) in [6.07, 6.45) is -1.89. The first kappa shape index (κ1) is 15.9. The van der Waals surface area contributed by atoms with Crippen LogP contribution >= 0.6 is 0 Å². The van der Waals surface area contributed by atoms with Gasteiger partial charge in [-0.3, -0.25) is 0 Å². The Morgan fingerprint density at radius 2 is 1.82 bits per heavy atom. The van der Waals surface area contributed by atoms with Crippen LogP contribution < -0.4 is 14.8 Å². The van der Waals surface area contributed by atoms with E-state index in [-0.39, 0.29) is 12.3 Å². The molecule has 0 bridgehead atoms. The van der Waals surface area contributed by atoms with Crippen LogP contribution in [-0.4, -0.2) is 22.9 Å². The molecule has 5 nitrogen and oxygen atoms in total. The fourth-order valence-electron chi connectivity index (χ4n) is 1.71. The minimum atomic E-state index is -4.76. The SMILES string of the molecule is CCOc1cc(CNc2nc[c]cn2)cc(OC(F)(F)F)c1. The molecule has 2 aromatic rings. The molecule has 0 unspecified atom stereocenters. The summed E-state index contributed by atoms with van der Waals surface area (Å²) in [5.41, 5.74) is 0.543. The van der Waals surface area contributed by atoms with Crippen LogP contribution in [0.4, 0.5) is 19.1 Å². The molecule has 1 N–H and O–H groups in total. The van der Waals surface area contributed by atoms with Crippen LogP contribution in [0.15, 0.2) is 30.6 Å². The van der Waals surface area contributed by atoms with Gasteiger partial charge in [0.05, 0.1) is 6.61 Å². The number of rotatable bonds is 6. The van der Waals surface area contributed by atoms with Gasteiger partial charge in [-0.1, -0.05) is 0 Å². The molecule has 2 rings (SSSR count). The topological polar surface area (TPSA) is 56.3 Å². The summed E-state index contributed by atoms with van der Waals surface area (Å²) in [6, 6.07) is 6.75. The zero-order valence-corrected chi connectivity index (χ0v) is 11.6. The highest BCUT2D eigenvalue weighted by atomic mass is 19.4. The molecule has 8 heteroatoms. The Balaban J connectivity index is 2.14. The molecule has 0 spiro atoms. The van der Waals surface area contributed by atoms with Crippen molar-refractivity contribution < 1.29 is 22.6 Å². The molecule has 0 aliphatic heterocycles. The van der Waals surface area contributed by atoms with E-state index in [1.807, 2.05) is 0 Å². The average Bonchev–Trinajstić information content (AvgIpc) is 2.44. The molecule has 0 fully saturated rings. The summed E-state index contributed by atoms with van der Waals surface area (Å²) in [7, 11) is 0. The van der Waals surface area contributed by atoms with Crippen molar-refractivity contribution >= 4 is 5.95 Å². The highest BCUT2D eigenvalue weighted by Crippen LogP contribution is 2.28. The number of benzene rings is 1. The fraction of sp³-hybridized carbons (Fsp3) is 0.286. The van der Waals surface area contributed by atoms with Gasteiger partial charge in [0.1, 0.15) is 11.5 Å². The molecule has 1 radical (unpaired) electrons. The number of aromatic nitrogens is 2. The zero-order chi connectivity index (χ0) is 16.0. The lowest BCUT2D eigenvalue weighted by atomic mass is 10.2. The van der Waals surface area contributed by atoms with Crippen LogP contribution in [-0.2, 0) is 6.54 Å². The van der Waals surface area contributed by atoms with Crippen LogP contribution in [0.5, 0.6) is 11.5 Å². The molecular weight excluding hydrogens is 299 g/mol. The molecule has 117 valence electrons. The second-order valence-electron chi connectivity index (χ2n) is 4.15. The minimum Gasteiger partial charge on any atom is -0.494 e. The van der Waals surface area contributed by atoms with Crippen molar-refractivity contribution in [2.24, 2.45) is 0 Å². The molecule has 0 amide bonds. The van der Waals surface area contributed by atoms with Crippen molar-refractivity contribution in [2.45, 2.75) is 19.8 Å². The Labute approximate surface area is 125 Å². The molecule has 0 atom stereocenters. The van der Waals surface area contributed by atoms with Gasteiger partial charge in [-0.25, -0.2) is 9.97 Å². The van der Waals surface area contributed by atoms with Gasteiger partial charge in [-0.15, -0.1) is 13.2 Å². The Hall–Kier alpha value is -2.51. The van der Waals surface area contributed by atoms with Gasteiger partial charge in [0.25, 0.3) is 0 Å². The third kappa shape index (κ3) is 5.12. The van der Waals surface area contributed by atoms with Crippen LogP contribution in [0.3, 0.4) is 0 Å². The van der Waals surface area contributed by atoms with Crippen molar-refractivity contribution in [3.63, 3.8) is 0 Å². The summed E-state index contributed by atoms with van der Waals surface area (Å²) in [5, 5.41) is 2.89. The summed E-state index contributed by atoms with van der Waals surface area (Å²) in [4.78, 5) is 7.83. The van der Waals surface area contributed by atoms with Crippen molar-refractivity contribution in [1.29, 1.82) is 0 Å². The maximum Gasteiger partial charge on any atom is 0.573 e. The van der Waals surface area contributed by atoms with E-state index in [4.69, 9.17) is 4.74 Å². The quantitative estimate of drug-likeness (QED) is 0.888. The molecule has 0 saturated carbocycles. The first-order valence-electron chi connectivity index (χ1n) is 6.41. The van der Waals surface area contributed by atoms with E-state index in [2.05, 4.69) is 26.1 Å². The molecule has 22 heavy (non-hydrogen) atoms. The van der Waals surface area contributed by atoms with Crippen LogP contribution in [0.1, 0.15) is 12.5 Å². The number of hydrogen-bond donors (Lipinski definition) is 1. The van der Waals surface area contributed by atoms with E-state index in [1.165, 1.54) is 24.5 Å². The number of anilines is 1. The predicted octanol–water partition coefficient (Wildman–Crippen LogP) is 3.19.